The van der Waals surface area contributed by atoms with Gasteiger partial charge in [-0.2, -0.15) is 5.26 Å². The molecule has 0 atom stereocenters. The second-order valence-electron chi connectivity index (χ2n) is 6.63. The van der Waals surface area contributed by atoms with Crippen molar-refractivity contribution in [2.75, 3.05) is 7.11 Å². The van der Waals surface area contributed by atoms with Crippen LogP contribution in [0.15, 0.2) is 82.4 Å². The van der Waals surface area contributed by atoms with Crippen LogP contribution >= 0.6 is 11.8 Å². The van der Waals surface area contributed by atoms with Crippen LogP contribution in [0.4, 0.5) is 0 Å². The van der Waals surface area contributed by atoms with E-state index in [1.807, 2.05) is 60.7 Å². The van der Waals surface area contributed by atoms with Gasteiger partial charge in [-0.05, 0) is 40.5 Å². The fourth-order valence-electron chi connectivity index (χ4n) is 3.04. The summed E-state index contributed by atoms with van der Waals surface area (Å²) in [6.45, 7) is 0. The van der Waals surface area contributed by atoms with E-state index in [9.17, 15) is 5.26 Å². The van der Waals surface area contributed by atoms with Crippen LogP contribution in [0.3, 0.4) is 0 Å². The fraction of sp³-hybridized carbons (Fsp3) is 0.125. The quantitative estimate of drug-likeness (QED) is 0.373. The van der Waals surface area contributed by atoms with Crippen LogP contribution in [0.2, 0.25) is 0 Å². The van der Waals surface area contributed by atoms with Crippen molar-refractivity contribution in [1.82, 2.24) is 10.2 Å². The Morgan fingerprint density at radius 1 is 0.933 bits per heavy atom. The second kappa shape index (κ2) is 9.29. The van der Waals surface area contributed by atoms with Crippen LogP contribution in [0.25, 0.3) is 11.1 Å². The lowest BCUT2D eigenvalue weighted by Crippen LogP contribution is -1.89. The molecule has 4 aromatic rings. The van der Waals surface area contributed by atoms with Crippen LogP contribution in [0.1, 0.15) is 22.6 Å². The molecule has 0 fully saturated rings. The molecule has 0 N–H and O–H groups in total. The molecule has 30 heavy (non-hydrogen) atoms. The molecule has 0 saturated carbocycles. The first-order valence-electron chi connectivity index (χ1n) is 9.41. The van der Waals surface area contributed by atoms with E-state index in [0.717, 1.165) is 33.8 Å². The molecule has 0 aliphatic carbocycles. The molecule has 148 valence electrons. The molecule has 3 aromatic carbocycles. The molecule has 0 amide bonds. The number of benzene rings is 3. The molecule has 0 saturated heterocycles. The van der Waals surface area contributed by atoms with Crippen molar-refractivity contribution in [3.63, 3.8) is 0 Å². The molecule has 4 rings (SSSR count). The second-order valence-corrected chi connectivity index (χ2v) is 7.56. The summed E-state index contributed by atoms with van der Waals surface area (Å²) in [5.41, 5.74) is 4.88. The van der Waals surface area contributed by atoms with E-state index in [0.29, 0.717) is 23.1 Å². The molecular weight excluding hydrogens is 394 g/mol. The van der Waals surface area contributed by atoms with E-state index < -0.39 is 0 Å². The zero-order valence-corrected chi connectivity index (χ0v) is 17.2. The van der Waals surface area contributed by atoms with Gasteiger partial charge in [-0.3, -0.25) is 0 Å². The van der Waals surface area contributed by atoms with E-state index >= 15 is 0 Å². The minimum atomic E-state index is 0.553. The van der Waals surface area contributed by atoms with Crippen LogP contribution in [-0.2, 0) is 12.2 Å². The predicted molar refractivity (Wildman–Crippen MR) is 116 cm³/mol. The van der Waals surface area contributed by atoms with Gasteiger partial charge in [-0.15, -0.1) is 10.2 Å². The summed E-state index contributed by atoms with van der Waals surface area (Å²) in [4.78, 5) is 0. The maximum atomic E-state index is 9.28. The lowest BCUT2D eigenvalue weighted by atomic mass is 10.00. The minimum absolute atomic E-state index is 0.553. The smallest absolute Gasteiger partial charge is 0.276 e. The first-order valence-corrected chi connectivity index (χ1v) is 10.4. The number of ether oxygens (including phenoxy) is 1. The minimum Gasteiger partial charge on any atom is -0.497 e. The Hall–Kier alpha value is -3.56. The highest BCUT2D eigenvalue weighted by Gasteiger charge is 2.09. The third-order valence-electron chi connectivity index (χ3n) is 4.64. The van der Waals surface area contributed by atoms with Crippen molar-refractivity contribution in [2.24, 2.45) is 0 Å². The number of aromatic nitrogens is 2. The molecule has 0 bridgehead atoms. The first-order chi connectivity index (χ1) is 14.7. The summed E-state index contributed by atoms with van der Waals surface area (Å²) in [6.07, 6.45) is 0.588. The van der Waals surface area contributed by atoms with Gasteiger partial charge in [-0.1, -0.05) is 66.4 Å². The van der Waals surface area contributed by atoms with E-state index in [1.165, 1.54) is 11.8 Å². The summed E-state index contributed by atoms with van der Waals surface area (Å²) < 4.78 is 10.9. The molecule has 0 radical (unpaired) electrons. The zero-order chi connectivity index (χ0) is 20.8. The molecule has 0 aliphatic heterocycles. The Kier molecular flexibility index (Phi) is 6.11. The van der Waals surface area contributed by atoms with Crippen molar-refractivity contribution in [3.05, 3.63) is 95.4 Å². The van der Waals surface area contributed by atoms with Crippen molar-refractivity contribution < 1.29 is 9.15 Å². The Labute approximate surface area is 179 Å². The van der Waals surface area contributed by atoms with Crippen molar-refractivity contribution in [2.45, 2.75) is 17.4 Å². The third kappa shape index (κ3) is 4.70. The highest BCUT2D eigenvalue weighted by molar-refractivity contribution is 7.98. The number of hydrogen-bond donors (Lipinski definition) is 0. The van der Waals surface area contributed by atoms with Crippen molar-refractivity contribution >= 4 is 11.8 Å². The number of thioether (sulfide) groups is 1. The van der Waals surface area contributed by atoms with Gasteiger partial charge in [0.15, 0.2) is 0 Å². The van der Waals surface area contributed by atoms with E-state index in [2.05, 4.69) is 28.4 Å². The van der Waals surface area contributed by atoms with Crippen molar-refractivity contribution in [3.8, 4) is 22.9 Å². The third-order valence-corrected chi connectivity index (χ3v) is 5.53. The van der Waals surface area contributed by atoms with Gasteiger partial charge >= 0.3 is 0 Å². The number of methoxy groups -OCH3 is 1. The average Bonchev–Trinajstić information content (AvgIpc) is 3.26. The molecule has 1 heterocycles. The van der Waals surface area contributed by atoms with Gasteiger partial charge in [0, 0.05) is 5.75 Å². The van der Waals surface area contributed by atoms with Gasteiger partial charge in [0.1, 0.15) is 5.75 Å². The maximum absolute atomic E-state index is 9.28. The van der Waals surface area contributed by atoms with Gasteiger partial charge < -0.3 is 9.15 Å². The summed E-state index contributed by atoms with van der Waals surface area (Å²) in [5, 5.41) is 18.1. The highest BCUT2D eigenvalue weighted by Crippen LogP contribution is 2.26. The van der Waals surface area contributed by atoms with Crippen LogP contribution in [0.5, 0.6) is 5.75 Å². The summed E-state index contributed by atoms with van der Waals surface area (Å²) in [6, 6.07) is 25.9. The van der Waals surface area contributed by atoms with Gasteiger partial charge in [-0.25, -0.2) is 0 Å². The summed E-state index contributed by atoms with van der Waals surface area (Å²) in [7, 11) is 1.65. The Balaban J connectivity index is 1.36. The molecule has 0 aliphatic rings. The Bertz CT molecular complexity index is 1160. The molecule has 6 heteroatoms. The molecular formula is C24H19N3O2S. The largest absolute Gasteiger partial charge is 0.497 e. The number of hydrogen-bond acceptors (Lipinski definition) is 6. The standard InChI is InChI=1S/C24H19N3O2S/c1-28-21-12-8-17(9-13-21)14-23-26-27-24(29-23)30-16-18-6-10-19(11-7-18)22-5-3-2-4-20(22)15-25/h2-13H,14,16H2,1H3. The summed E-state index contributed by atoms with van der Waals surface area (Å²) >= 11 is 1.51. The van der Waals surface area contributed by atoms with Crippen LogP contribution in [0, 0.1) is 11.3 Å². The average molecular weight is 414 g/mol. The predicted octanol–water partition coefficient (Wildman–Crippen LogP) is 5.50. The van der Waals surface area contributed by atoms with Crippen LogP contribution < -0.4 is 4.74 Å². The Morgan fingerprint density at radius 3 is 2.40 bits per heavy atom. The SMILES string of the molecule is COc1ccc(Cc2nnc(SCc3ccc(-c4ccccc4C#N)cc3)o2)cc1. The number of rotatable bonds is 7. The maximum Gasteiger partial charge on any atom is 0.276 e. The molecule has 5 nitrogen and oxygen atoms in total. The Morgan fingerprint density at radius 2 is 1.67 bits per heavy atom. The number of nitrogens with zero attached hydrogens (tertiary/aromatic N) is 3. The lowest BCUT2D eigenvalue weighted by Gasteiger charge is -2.05. The molecule has 0 unspecified atom stereocenters. The fourth-order valence-corrected chi connectivity index (χ4v) is 3.78. The van der Waals surface area contributed by atoms with Gasteiger partial charge in [0.25, 0.3) is 5.22 Å². The highest BCUT2D eigenvalue weighted by atomic mass is 32.2. The van der Waals surface area contributed by atoms with E-state index in [4.69, 9.17) is 9.15 Å². The van der Waals surface area contributed by atoms with Crippen molar-refractivity contribution in [1.29, 1.82) is 5.26 Å². The molecule has 0 spiro atoms. The van der Waals surface area contributed by atoms with Gasteiger partial charge in [0.05, 0.1) is 25.2 Å². The number of nitriles is 1. The van der Waals surface area contributed by atoms with E-state index in [-0.39, 0.29) is 0 Å². The first kappa shape index (κ1) is 19.7. The lowest BCUT2D eigenvalue weighted by molar-refractivity contribution is 0.413. The van der Waals surface area contributed by atoms with Gasteiger partial charge in [0.2, 0.25) is 5.89 Å². The normalized spacial score (nSPS) is 10.5. The van der Waals surface area contributed by atoms with E-state index in [1.54, 1.807) is 7.11 Å². The van der Waals surface area contributed by atoms with Crippen LogP contribution in [-0.4, -0.2) is 17.3 Å². The summed E-state index contributed by atoms with van der Waals surface area (Å²) in [5.74, 6) is 2.14. The topological polar surface area (TPSA) is 71.9 Å². The molecule has 1 aromatic heterocycles. The zero-order valence-electron chi connectivity index (χ0n) is 16.4. The monoisotopic (exact) mass is 413 g/mol.